The summed E-state index contributed by atoms with van der Waals surface area (Å²) in [6.07, 6.45) is 4.95. The van der Waals surface area contributed by atoms with Crippen molar-refractivity contribution in [2.75, 3.05) is 44.6 Å². The number of carbonyl (C=O) groups excluding carboxylic acids is 1. The van der Waals surface area contributed by atoms with Gasteiger partial charge in [-0.3, -0.25) is 9.69 Å². The predicted molar refractivity (Wildman–Crippen MR) is 134 cm³/mol. The smallest absolute Gasteiger partial charge is 0.254 e. The van der Waals surface area contributed by atoms with Gasteiger partial charge in [0, 0.05) is 55.4 Å². The standard InChI is InChI=1S/C28H36N4O2/c33-24(17-31-14-9-20-3-1-2-4-21(20)16-31)18-32-19-28(10-11-28)26-6-5-23(15-25(26)27(32)34)30-22-7-12-29-13-8-22/h1-6,15,22,24,29-30,33H,7-14,16-19H2. The van der Waals surface area contributed by atoms with Crippen LogP contribution in [0.25, 0.3) is 0 Å². The van der Waals surface area contributed by atoms with Crippen LogP contribution in [0.4, 0.5) is 5.69 Å². The highest BCUT2D eigenvalue weighted by molar-refractivity contribution is 5.98. The lowest BCUT2D eigenvalue weighted by molar-refractivity contribution is 0.0459. The fourth-order valence-corrected chi connectivity index (χ4v) is 6.21. The Hall–Kier alpha value is -2.41. The van der Waals surface area contributed by atoms with E-state index < -0.39 is 6.10 Å². The van der Waals surface area contributed by atoms with Crippen LogP contribution in [-0.4, -0.2) is 72.2 Å². The Morgan fingerprint density at radius 2 is 1.88 bits per heavy atom. The second-order valence-electron chi connectivity index (χ2n) is 10.8. The molecule has 0 radical (unpaired) electrons. The van der Waals surface area contributed by atoms with E-state index in [1.54, 1.807) is 0 Å². The molecule has 0 bridgehead atoms. The molecule has 3 heterocycles. The Kier molecular flexibility index (Phi) is 5.84. The molecule has 6 heteroatoms. The Morgan fingerprint density at radius 1 is 1.09 bits per heavy atom. The van der Waals surface area contributed by atoms with Gasteiger partial charge >= 0.3 is 0 Å². The first kappa shape index (κ1) is 22.1. The van der Waals surface area contributed by atoms with Gasteiger partial charge in [0.2, 0.25) is 0 Å². The Labute approximate surface area is 202 Å². The average molecular weight is 461 g/mol. The second kappa shape index (κ2) is 8.99. The Balaban J connectivity index is 1.13. The number of amides is 1. The molecule has 1 amide bonds. The van der Waals surface area contributed by atoms with Crippen LogP contribution in [0.3, 0.4) is 0 Å². The number of carbonyl (C=O) groups is 1. The summed E-state index contributed by atoms with van der Waals surface area (Å²) in [7, 11) is 0. The number of aliphatic hydroxyl groups is 1. The average Bonchev–Trinajstić information content (AvgIpc) is 3.63. The molecule has 1 atom stereocenters. The maximum atomic E-state index is 13.5. The van der Waals surface area contributed by atoms with Crippen molar-refractivity contribution in [1.29, 1.82) is 0 Å². The summed E-state index contributed by atoms with van der Waals surface area (Å²) in [4.78, 5) is 17.8. The third-order valence-corrected chi connectivity index (χ3v) is 8.28. The molecule has 180 valence electrons. The van der Waals surface area contributed by atoms with Gasteiger partial charge in [0.1, 0.15) is 0 Å². The van der Waals surface area contributed by atoms with Crippen LogP contribution < -0.4 is 10.6 Å². The van der Waals surface area contributed by atoms with Crippen molar-refractivity contribution in [3.05, 3.63) is 64.7 Å². The molecular weight excluding hydrogens is 424 g/mol. The summed E-state index contributed by atoms with van der Waals surface area (Å²) in [6, 6.07) is 15.5. The van der Waals surface area contributed by atoms with Crippen molar-refractivity contribution in [3.63, 3.8) is 0 Å². The molecule has 4 aliphatic rings. The van der Waals surface area contributed by atoms with Gasteiger partial charge in [0.15, 0.2) is 0 Å². The molecule has 2 aromatic rings. The molecule has 1 saturated heterocycles. The fourth-order valence-electron chi connectivity index (χ4n) is 6.21. The lowest BCUT2D eigenvalue weighted by Crippen LogP contribution is -2.49. The number of hydrogen-bond donors (Lipinski definition) is 3. The first-order chi connectivity index (χ1) is 16.6. The highest BCUT2D eigenvalue weighted by Gasteiger charge is 2.51. The van der Waals surface area contributed by atoms with Crippen LogP contribution >= 0.6 is 0 Å². The van der Waals surface area contributed by atoms with Gasteiger partial charge in [-0.1, -0.05) is 30.3 Å². The largest absolute Gasteiger partial charge is 0.390 e. The summed E-state index contributed by atoms with van der Waals surface area (Å²) in [5.41, 5.74) is 5.97. The summed E-state index contributed by atoms with van der Waals surface area (Å²) >= 11 is 0. The maximum Gasteiger partial charge on any atom is 0.254 e. The van der Waals surface area contributed by atoms with E-state index in [-0.39, 0.29) is 11.3 Å². The normalized spacial score (nSPS) is 22.9. The lowest BCUT2D eigenvalue weighted by Gasteiger charge is -2.37. The third kappa shape index (κ3) is 4.35. The minimum absolute atomic E-state index is 0.0736. The molecule has 1 spiro atoms. The van der Waals surface area contributed by atoms with Gasteiger partial charge in [0.05, 0.1) is 6.10 Å². The number of aliphatic hydroxyl groups excluding tert-OH is 1. The van der Waals surface area contributed by atoms with Crippen LogP contribution in [0.15, 0.2) is 42.5 Å². The number of nitrogens with zero attached hydrogens (tertiary/aromatic N) is 2. The van der Waals surface area contributed by atoms with Gasteiger partial charge in [-0.2, -0.15) is 0 Å². The van der Waals surface area contributed by atoms with E-state index >= 15 is 0 Å². The number of anilines is 1. The number of benzene rings is 2. The number of hydrogen-bond acceptors (Lipinski definition) is 5. The minimum Gasteiger partial charge on any atom is -0.390 e. The zero-order valence-corrected chi connectivity index (χ0v) is 19.9. The van der Waals surface area contributed by atoms with E-state index in [4.69, 9.17) is 0 Å². The van der Waals surface area contributed by atoms with E-state index in [0.717, 1.165) is 76.1 Å². The summed E-state index contributed by atoms with van der Waals surface area (Å²) < 4.78 is 0. The van der Waals surface area contributed by atoms with Crippen molar-refractivity contribution in [1.82, 2.24) is 15.1 Å². The first-order valence-electron chi connectivity index (χ1n) is 13.0. The van der Waals surface area contributed by atoms with Gasteiger partial charge in [0.25, 0.3) is 5.91 Å². The topological polar surface area (TPSA) is 67.8 Å². The van der Waals surface area contributed by atoms with Crippen molar-refractivity contribution >= 4 is 11.6 Å². The van der Waals surface area contributed by atoms with Crippen LogP contribution in [0, 0.1) is 0 Å². The highest BCUT2D eigenvalue weighted by Crippen LogP contribution is 2.52. The van der Waals surface area contributed by atoms with Gasteiger partial charge in [-0.25, -0.2) is 0 Å². The van der Waals surface area contributed by atoms with Gasteiger partial charge in [-0.15, -0.1) is 0 Å². The Bertz CT molecular complexity index is 1060. The lowest BCUT2D eigenvalue weighted by atomic mass is 9.86. The van der Waals surface area contributed by atoms with Crippen molar-refractivity contribution in [3.8, 4) is 0 Å². The zero-order valence-electron chi connectivity index (χ0n) is 19.9. The molecule has 2 aromatic carbocycles. The van der Waals surface area contributed by atoms with Crippen LogP contribution in [0.5, 0.6) is 0 Å². The minimum atomic E-state index is -0.539. The molecule has 2 fully saturated rings. The number of fused-ring (bicyclic) bond motifs is 3. The first-order valence-corrected chi connectivity index (χ1v) is 13.0. The zero-order chi connectivity index (χ0) is 23.1. The van der Waals surface area contributed by atoms with E-state index in [2.05, 4.69) is 58.0 Å². The molecule has 3 aliphatic heterocycles. The van der Waals surface area contributed by atoms with E-state index in [1.165, 1.54) is 16.7 Å². The number of rotatable bonds is 6. The molecule has 34 heavy (non-hydrogen) atoms. The van der Waals surface area contributed by atoms with Crippen molar-refractivity contribution in [2.24, 2.45) is 0 Å². The summed E-state index contributed by atoms with van der Waals surface area (Å²) in [6.45, 7) is 5.66. The predicted octanol–water partition coefficient (Wildman–Crippen LogP) is 2.76. The van der Waals surface area contributed by atoms with Gasteiger partial charge < -0.3 is 20.6 Å². The van der Waals surface area contributed by atoms with Crippen LogP contribution in [0.2, 0.25) is 0 Å². The third-order valence-electron chi connectivity index (χ3n) is 8.28. The quantitative estimate of drug-likeness (QED) is 0.619. The summed E-state index contributed by atoms with van der Waals surface area (Å²) in [5, 5.41) is 18.0. The molecule has 1 unspecified atom stereocenters. The van der Waals surface area contributed by atoms with E-state index in [9.17, 15) is 9.90 Å². The second-order valence-corrected chi connectivity index (χ2v) is 10.8. The number of nitrogens with one attached hydrogen (secondary N) is 2. The van der Waals surface area contributed by atoms with Crippen molar-refractivity contribution in [2.45, 2.75) is 56.2 Å². The monoisotopic (exact) mass is 460 g/mol. The molecule has 6 nitrogen and oxygen atoms in total. The molecule has 1 saturated carbocycles. The van der Waals surface area contributed by atoms with Crippen LogP contribution in [0.1, 0.15) is 52.7 Å². The maximum absolute atomic E-state index is 13.5. The Morgan fingerprint density at radius 3 is 2.68 bits per heavy atom. The molecule has 0 aromatic heterocycles. The number of β-amino-alcohol motifs (C(OH)–C–C–N with tert-alkyl or cyclic N) is 1. The van der Waals surface area contributed by atoms with E-state index in [0.29, 0.717) is 19.1 Å². The molecule has 3 N–H and O–H groups in total. The molecule has 1 aliphatic carbocycles. The SMILES string of the molecule is O=C1c2cc(NC3CCNCC3)ccc2C2(CC2)CN1CC(O)CN1CCc2ccccc2C1. The van der Waals surface area contributed by atoms with E-state index in [1.807, 2.05) is 4.90 Å². The highest BCUT2D eigenvalue weighted by atomic mass is 16.3. The number of piperidine rings is 1. The van der Waals surface area contributed by atoms with Crippen molar-refractivity contribution < 1.29 is 9.90 Å². The summed E-state index contributed by atoms with van der Waals surface area (Å²) in [5.74, 6) is 0.0736. The van der Waals surface area contributed by atoms with Crippen LogP contribution in [-0.2, 0) is 18.4 Å². The molecule has 6 rings (SSSR count). The fraction of sp³-hybridized carbons (Fsp3) is 0.536. The molecular formula is C28H36N4O2. The van der Waals surface area contributed by atoms with Gasteiger partial charge in [-0.05, 0) is 74.0 Å².